The molecule has 0 heteroatoms. The molecule has 0 aliphatic heterocycles. The van der Waals surface area contributed by atoms with Gasteiger partial charge < -0.3 is 0 Å². The fourth-order valence-electron chi connectivity index (χ4n) is 1.76. The first-order valence-corrected chi connectivity index (χ1v) is 4.10. The van der Waals surface area contributed by atoms with Crippen molar-refractivity contribution in [1.29, 1.82) is 0 Å². The topological polar surface area (TPSA) is 0 Å². The first-order chi connectivity index (χ1) is 5.04. The van der Waals surface area contributed by atoms with Crippen molar-refractivity contribution in [3.63, 3.8) is 0 Å². The summed E-state index contributed by atoms with van der Waals surface area (Å²) < 4.78 is 0. The second-order valence-corrected chi connectivity index (χ2v) is 3.65. The van der Waals surface area contributed by atoms with Crippen molar-refractivity contribution in [3.05, 3.63) is 36.0 Å². The molecule has 0 aromatic carbocycles. The lowest BCUT2D eigenvalue weighted by Gasteiger charge is -2.17. The van der Waals surface area contributed by atoms with Gasteiger partial charge in [0.2, 0.25) is 0 Å². The van der Waals surface area contributed by atoms with Crippen molar-refractivity contribution >= 4 is 0 Å². The van der Waals surface area contributed by atoms with E-state index in [2.05, 4.69) is 40.0 Å². The van der Waals surface area contributed by atoms with Crippen LogP contribution in [0.1, 0.15) is 20.8 Å². The monoisotopic (exact) mass is 148 g/mol. The fourth-order valence-corrected chi connectivity index (χ4v) is 1.76. The van der Waals surface area contributed by atoms with E-state index < -0.39 is 0 Å². The molecule has 1 atom stereocenters. The lowest BCUT2D eigenvalue weighted by Crippen LogP contribution is -2.08. The van der Waals surface area contributed by atoms with Crippen LogP contribution in [0, 0.1) is 11.8 Å². The molecular formula is C11H16. The Hall–Kier alpha value is -0.780. The average molecular weight is 148 g/mol. The Morgan fingerprint density at radius 2 is 1.91 bits per heavy atom. The van der Waals surface area contributed by atoms with E-state index in [1.54, 1.807) is 0 Å². The van der Waals surface area contributed by atoms with Crippen molar-refractivity contribution in [2.45, 2.75) is 20.8 Å². The number of hydrogen-bond acceptors (Lipinski definition) is 0. The van der Waals surface area contributed by atoms with Gasteiger partial charge in [0.1, 0.15) is 0 Å². The van der Waals surface area contributed by atoms with E-state index in [-0.39, 0.29) is 0 Å². The molecule has 0 radical (unpaired) electrons. The van der Waals surface area contributed by atoms with E-state index in [9.17, 15) is 0 Å². The number of rotatable bonds is 1. The third kappa shape index (κ3) is 1.30. The maximum atomic E-state index is 4.06. The van der Waals surface area contributed by atoms with Crippen LogP contribution < -0.4 is 0 Å². The second-order valence-electron chi connectivity index (χ2n) is 3.65. The van der Waals surface area contributed by atoms with Crippen molar-refractivity contribution < 1.29 is 0 Å². The maximum absolute atomic E-state index is 4.06. The van der Waals surface area contributed by atoms with E-state index in [0.29, 0.717) is 11.8 Å². The Labute approximate surface area is 69.3 Å². The molecule has 1 unspecified atom stereocenters. The van der Waals surface area contributed by atoms with E-state index in [1.165, 1.54) is 16.7 Å². The summed E-state index contributed by atoms with van der Waals surface area (Å²) >= 11 is 0. The Balaban J connectivity index is 2.90. The Bertz CT molecular complexity index is 228. The highest BCUT2D eigenvalue weighted by Gasteiger charge is 2.24. The summed E-state index contributed by atoms with van der Waals surface area (Å²) in [5.74, 6) is 1.12. The summed E-state index contributed by atoms with van der Waals surface area (Å²) in [5, 5.41) is 0. The molecule has 0 amide bonds. The van der Waals surface area contributed by atoms with E-state index in [1.807, 2.05) is 0 Å². The van der Waals surface area contributed by atoms with Crippen LogP contribution in [-0.2, 0) is 0 Å². The first-order valence-electron chi connectivity index (χ1n) is 4.10. The zero-order valence-corrected chi connectivity index (χ0v) is 7.65. The van der Waals surface area contributed by atoms with Crippen LogP contribution >= 0.6 is 0 Å². The smallest absolute Gasteiger partial charge is 0.0103 e. The molecule has 1 aliphatic carbocycles. The third-order valence-electron chi connectivity index (χ3n) is 2.35. The average Bonchev–Trinajstić information content (AvgIpc) is 2.07. The van der Waals surface area contributed by atoms with Gasteiger partial charge in [-0.2, -0.15) is 0 Å². The number of allylic oxidation sites excluding steroid dienone is 4. The van der Waals surface area contributed by atoms with E-state index in [0.717, 1.165) is 0 Å². The van der Waals surface area contributed by atoms with Crippen LogP contribution in [0.25, 0.3) is 0 Å². The van der Waals surface area contributed by atoms with Crippen molar-refractivity contribution in [3.8, 4) is 0 Å². The van der Waals surface area contributed by atoms with Crippen LogP contribution in [0.4, 0.5) is 0 Å². The molecule has 0 spiro atoms. The van der Waals surface area contributed by atoms with Gasteiger partial charge in [0.05, 0.1) is 0 Å². The Morgan fingerprint density at radius 3 is 2.09 bits per heavy atom. The molecule has 0 fully saturated rings. The zero-order valence-electron chi connectivity index (χ0n) is 7.65. The second kappa shape index (κ2) is 2.69. The van der Waals surface area contributed by atoms with Crippen LogP contribution in [0.15, 0.2) is 36.0 Å². The molecule has 60 valence electrons. The lowest BCUT2D eigenvalue weighted by atomic mass is 9.87. The third-order valence-corrected chi connectivity index (χ3v) is 2.35. The Morgan fingerprint density at radius 1 is 1.36 bits per heavy atom. The molecule has 0 nitrogen and oxygen atoms in total. The van der Waals surface area contributed by atoms with Gasteiger partial charge in [0, 0.05) is 5.92 Å². The molecule has 11 heavy (non-hydrogen) atoms. The van der Waals surface area contributed by atoms with Crippen LogP contribution in [-0.4, -0.2) is 0 Å². The summed E-state index contributed by atoms with van der Waals surface area (Å²) in [5.41, 5.74) is 3.78. The van der Waals surface area contributed by atoms with Gasteiger partial charge >= 0.3 is 0 Å². The zero-order chi connectivity index (χ0) is 8.59. The predicted octanol–water partition coefficient (Wildman–Crippen LogP) is 3.33. The lowest BCUT2D eigenvalue weighted by molar-refractivity contribution is 0.527. The molecule has 1 rings (SSSR count). The summed E-state index contributed by atoms with van der Waals surface area (Å²) in [7, 11) is 0. The molecule has 1 aliphatic rings. The van der Waals surface area contributed by atoms with Crippen molar-refractivity contribution in [1.82, 2.24) is 0 Å². The SMILES string of the molecule is C=C1C=C(C)C(=C)C1C(C)C. The molecule has 0 aromatic rings. The standard InChI is InChI=1S/C11H16/c1-7(2)11-9(4)6-8(3)10(11)5/h6-7,11H,4-5H2,1-3H3. The largest absolute Gasteiger partial charge is 0.0952 e. The van der Waals surface area contributed by atoms with E-state index in [4.69, 9.17) is 0 Å². The molecule has 0 aromatic heterocycles. The van der Waals surface area contributed by atoms with Gasteiger partial charge in [-0.1, -0.05) is 33.1 Å². The molecule has 0 heterocycles. The molecule has 0 saturated heterocycles. The van der Waals surface area contributed by atoms with Crippen molar-refractivity contribution in [2.75, 3.05) is 0 Å². The minimum Gasteiger partial charge on any atom is -0.0952 e. The minimum absolute atomic E-state index is 0.495. The van der Waals surface area contributed by atoms with Crippen LogP contribution in [0.2, 0.25) is 0 Å². The maximum Gasteiger partial charge on any atom is 0.0103 e. The summed E-state index contributed by atoms with van der Waals surface area (Å²) in [6.07, 6.45) is 2.15. The first kappa shape index (κ1) is 8.32. The van der Waals surface area contributed by atoms with Gasteiger partial charge in [0.25, 0.3) is 0 Å². The molecule has 0 N–H and O–H groups in total. The van der Waals surface area contributed by atoms with Crippen LogP contribution in [0.5, 0.6) is 0 Å². The predicted molar refractivity (Wildman–Crippen MR) is 50.4 cm³/mol. The highest BCUT2D eigenvalue weighted by Crippen LogP contribution is 2.37. The van der Waals surface area contributed by atoms with Gasteiger partial charge in [-0.25, -0.2) is 0 Å². The van der Waals surface area contributed by atoms with E-state index >= 15 is 0 Å². The fraction of sp³-hybridized carbons (Fsp3) is 0.455. The highest BCUT2D eigenvalue weighted by atomic mass is 14.3. The highest BCUT2D eigenvalue weighted by molar-refractivity contribution is 5.48. The van der Waals surface area contributed by atoms with Crippen LogP contribution in [0.3, 0.4) is 0 Å². The molecule has 0 bridgehead atoms. The van der Waals surface area contributed by atoms with Gasteiger partial charge in [-0.3, -0.25) is 0 Å². The van der Waals surface area contributed by atoms with Crippen molar-refractivity contribution in [2.24, 2.45) is 11.8 Å². The quantitative estimate of drug-likeness (QED) is 0.535. The molecule has 0 saturated carbocycles. The Kier molecular flexibility index (Phi) is 2.03. The summed E-state index contributed by atoms with van der Waals surface area (Å²) in [6, 6.07) is 0. The summed E-state index contributed by atoms with van der Waals surface area (Å²) in [6.45, 7) is 14.6. The normalized spacial score (nSPS) is 24.7. The van der Waals surface area contributed by atoms with Gasteiger partial charge in [0.15, 0.2) is 0 Å². The van der Waals surface area contributed by atoms with Gasteiger partial charge in [-0.05, 0) is 29.6 Å². The number of hydrogen-bond donors (Lipinski definition) is 0. The minimum atomic E-state index is 0.495. The summed E-state index contributed by atoms with van der Waals surface area (Å²) in [4.78, 5) is 0. The molecular weight excluding hydrogens is 132 g/mol. The van der Waals surface area contributed by atoms with Gasteiger partial charge in [-0.15, -0.1) is 0 Å².